The van der Waals surface area contributed by atoms with Crippen molar-refractivity contribution in [1.82, 2.24) is 4.90 Å². The summed E-state index contributed by atoms with van der Waals surface area (Å²) in [5.74, 6) is 0. The Balaban J connectivity index is 1.52. The number of rotatable bonds is 4. The number of hydrogen-bond acceptors (Lipinski definition) is 3. The van der Waals surface area contributed by atoms with Crippen molar-refractivity contribution in [2.24, 2.45) is 0 Å². The normalized spacial score (nSPS) is 30.4. The van der Waals surface area contributed by atoms with E-state index in [1.165, 1.54) is 25.7 Å². The lowest BCUT2D eigenvalue weighted by atomic mass is 10.1. The molecule has 1 aromatic carbocycles. The van der Waals surface area contributed by atoms with E-state index in [2.05, 4.69) is 33.0 Å². The first-order chi connectivity index (χ1) is 10.7. The van der Waals surface area contributed by atoms with Crippen molar-refractivity contribution < 1.29 is 9.84 Å². The number of hydrogen-bond donors (Lipinski definition) is 1. The zero-order valence-corrected chi connectivity index (χ0v) is 14.7. The quantitative estimate of drug-likeness (QED) is 0.879. The number of nitrogens with zero attached hydrogens (tertiary/aromatic N) is 1. The number of halogens is 1. The van der Waals surface area contributed by atoms with Gasteiger partial charge in [-0.05, 0) is 56.5 Å². The minimum Gasteiger partial charge on any atom is -0.389 e. The first-order valence-corrected chi connectivity index (χ1v) is 9.31. The van der Waals surface area contributed by atoms with Crippen LogP contribution in [0, 0.1) is 0 Å². The average Bonchev–Trinajstić information content (AvgIpc) is 2.74. The SMILES string of the molecule is O[C@H]1[C@H](OCc2ccc(Br)cc2)CC[C@@H]1N1CCCCCC1. The number of likely N-dealkylation sites (tertiary alicyclic amines) is 1. The highest BCUT2D eigenvalue weighted by atomic mass is 79.9. The Bertz CT molecular complexity index is 457. The van der Waals surface area contributed by atoms with Crippen molar-refractivity contribution in [3.63, 3.8) is 0 Å². The lowest BCUT2D eigenvalue weighted by Crippen LogP contribution is -2.44. The van der Waals surface area contributed by atoms with Gasteiger partial charge in [0.25, 0.3) is 0 Å². The van der Waals surface area contributed by atoms with E-state index in [4.69, 9.17) is 4.74 Å². The molecular weight excluding hydrogens is 342 g/mol. The van der Waals surface area contributed by atoms with Crippen LogP contribution in [0.25, 0.3) is 0 Å². The molecule has 2 aliphatic rings. The molecule has 0 aromatic heterocycles. The van der Waals surface area contributed by atoms with E-state index in [0.29, 0.717) is 12.6 Å². The smallest absolute Gasteiger partial charge is 0.0956 e. The van der Waals surface area contributed by atoms with Crippen LogP contribution < -0.4 is 0 Å². The monoisotopic (exact) mass is 367 g/mol. The van der Waals surface area contributed by atoms with E-state index in [0.717, 1.165) is 36.0 Å². The fourth-order valence-electron chi connectivity index (χ4n) is 3.72. The van der Waals surface area contributed by atoms with Crippen molar-refractivity contribution >= 4 is 15.9 Å². The lowest BCUT2D eigenvalue weighted by molar-refractivity contribution is -0.0493. The second kappa shape index (κ2) is 7.91. The highest BCUT2D eigenvalue weighted by Gasteiger charge is 2.38. The van der Waals surface area contributed by atoms with Gasteiger partial charge in [0.15, 0.2) is 0 Å². The van der Waals surface area contributed by atoms with Gasteiger partial charge in [0.2, 0.25) is 0 Å². The lowest BCUT2D eigenvalue weighted by Gasteiger charge is -2.30. The van der Waals surface area contributed by atoms with Gasteiger partial charge in [-0.3, -0.25) is 4.90 Å². The maximum atomic E-state index is 10.6. The number of benzene rings is 1. The third kappa shape index (κ3) is 4.10. The fourth-order valence-corrected chi connectivity index (χ4v) is 3.98. The number of ether oxygens (including phenoxy) is 1. The van der Waals surface area contributed by atoms with E-state index in [-0.39, 0.29) is 12.2 Å². The Hall–Kier alpha value is -0.420. The van der Waals surface area contributed by atoms with Crippen LogP contribution in [0.2, 0.25) is 0 Å². The van der Waals surface area contributed by atoms with Crippen LogP contribution in [-0.4, -0.2) is 41.3 Å². The van der Waals surface area contributed by atoms with Crippen molar-refractivity contribution in [1.29, 1.82) is 0 Å². The molecule has 0 amide bonds. The van der Waals surface area contributed by atoms with E-state index in [9.17, 15) is 5.11 Å². The van der Waals surface area contributed by atoms with Gasteiger partial charge in [0.05, 0.1) is 18.8 Å². The summed E-state index contributed by atoms with van der Waals surface area (Å²) < 4.78 is 7.08. The van der Waals surface area contributed by atoms with Gasteiger partial charge in [-0.15, -0.1) is 0 Å². The van der Waals surface area contributed by atoms with Crippen LogP contribution in [0.3, 0.4) is 0 Å². The molecule has 1 saturated carbocycles. The highest BCUT2D eigenvalue weighted by Crippen LogP contribution is 2.29. The highest BCUT2D eigenvalue weighted by molar-refractivity contribution is 9.10. The van der Waals surface area contributed by atoms with E-state index in [1.54, 1.807) is 0 Å². The summed E-state index contributed by atoms with van der Waals surface area (Å²) in [7, 11) is 0. The molecule has 2 fully saturated rings. The number of aliphatic hydroxyl groups excluding tert-OH is 1. The molecule has 122 valence electrons. The molecule has 3 atom stereocenters. The van der Waals surface area contributed by atoms with Crippen molar-refractivity contribution in [2.75, 3.05) is 13.1 Å². The second-order valence-electron chi connectivity index (χ2n) is 6.56. The van der Waals surface area contributed by atoms with Crippen LogP contribution in [0.15, 0.2) is 28.7 Å². The van der Waals surface area contributed by atoms with Crippen LogP contribution in [0.1, 0.15) is 44.1 Å². The molecule has 0 unspecified atom stereocenters. The molecule has 1 heterocycles. The first-order valence-electron chi connectivity index (χ1n) is 8.52. The molecule has 0 radical (unpaired) electrons. The summed E-state index contributed by atoms with van der Waals surface area (Å²) in [5, 5.41) is 10.6. The summed E-state index contributed by atoms with van der Waals surface area (Å²) in [5.41, 5.74) is 1.16. The largest absolute Gasteiger partial charge is 0.389 e. The first kappa shape index (κ1) is 16.4. The van der Waals surface area contributed by atoms with Crippen LogP contribution >= 0.6 is 15.9 Å². The Morgan fingerprint density at radius 3 is 2.41 bits per heavy atom. The summed E-state index contributed by atoms with van der Waals surface area (Å²) in [6.07, 6.45) is 6.89. The fraction of sp³-hybridized carbons (Fsp3) is 0.667. The predicted octanol–water partition coefficient (Wildman–Crippen LogP) is 3.73. The van der Waals surface area contributed by atoms with E-state index in [1.807, 2.05) is 12.1 Å². The molecule has 0 spiro atoms. The van der Waals surface area contributed by atoms with Gasteiger partial charge in [-0.1, -0.05) is 40.9 Å². The summed E-state index contributed by atoms with van der Waals surface area (Å²) in [6.45, 7) is 2.87. The molecule has 0 bridgehead atoms. The Morgan fingerprint density at radius 2 is 1.73 bits per heavy atom. The Labute approximate surface area is 141 Å². The van der Waals surface area contributed by atoms with Crippen LogP contribution in [-0.2, 0) is 11.3 Å². The minimum absolute atomic E-state index is 0.0168. The maximum Gasteiger partial charge on any atom is 0.0956 e. The van der Waals surface area contributed by atoms with Gasteiger partial charge in [0, 0.05) is 10.5 Å². The van der Waals surface area contributed by atoms with E-state index >= 15 is 0 Å². The van der Waals surface area contributed by atoms with E-state index < -0.39 is 0 Å². The molecule has 3 nitrogen and oxygen atoms in total. The van der Waals surface area contributed by atoms with Gasteiger partial charge < -0.3 is 9.84 Å². The molecule has 1 aliphatic carbocycles. The molecule has 22 heavy (non-hydrogen) atoms. The van der Waals surface area contributed by atoms with Crippen molar-refractivity contribution in [2.45, 2.75) is 63.4 Å². The topological polar surface area (TPSA) is 32.7 Å². The van der Waals surface area contributed by atoms with Crippen LogP contribution in [0.5, 0.6) is 0 Å². The molecule has 3 rings (SSSR count). The Kier molecular flexibility index (Phi) is 5.91. The van der Waals surface area contributed by atoms with Gasteiger partial charge in [-0.2, -0.15) is 0 Å². The zero-order chi connectivity index (χ0) is 15.4. The molecule has 1 saturated heterocycles. The molecular formula is C18H26BrNO2. The molecule has 1 N–H and O–H groups in total. The van der Waals surface area contributed by atoms with Crippen molar-refractivity contribution in [3.8, 4) is 0 Å². The second-order valence-corrected chi connectivity index (χ2v) is 7.48. The zero-order valence-electron chi connectivity index (χ0n) is 13.1. The summed E-state index contributed by atoms with van der Waals surface area (Å²) >= 11 is 3.44. The molecule has 1 aromatic rings. The van der Waals surface area contributed by atoms with Gasteiger partial charge in [0.1, 0.15) is 0 Å². The van der Waals surface area contributed by atoms with Crippen molar-refractivity contribution in [3.05, 3.63) is 34.3 Å². The predicted molar refractivity (Wildman–Crippen MR) is 91.8 cm³/mol. The third-order valence-electron chi connectivity index (χ3n) is 5.01. The average molecular weight is 368 g/mol. The minimum atomic E-state index is -0.339. The van der Waals surface area contributed by atoms with Gasteiger partial charge in [-0.25, -0.2) is 0 Å². The Morgan fingerprint density at radius 1 is 1.05 bits per heavy atom. The third-order valence-corrected chi connectivity index (χ3v) is 5.54. The van der Waals surface area contributed by atoms with Gasteiger partial charge >= 0.3 is 0 Å². The molecule has 4 heteroatoms. The van der Waals surface area contributed by atoms with Crippen LogP contribution in [0.4, 0.5) is 0 Å². The maximum absolute atomic E-state index is 10.6. The summed E-state index contributed by atoms with van der Waals surface area (Å²) in [4.78, 5) is 2.50. The summed E-state index contributed by atoms with van der Waals surface area (Å²) in [6, 6.07) is 8.50. The molecule has 1 aliphatic heterocycles. The standard InChI is InChI=1S/C18H26BrNO2/c19-15-7-5-14(6-8-15)13-22-17-10-9-16(18(17)21)20-11-3-1-2-4-12-20/h5-8,16-18,21H,1-4,9-13H2/t16-,17+,18+/m0/s1. The number of aliphatic hydroxyl groups is 1.